The minimum atomic E-state index is -3.69. The molecule has 0 spiro atoms. The summed E-state index contributed by atoms with van der Waals surface area (Å²) in [6, 6.07) is 10.3. The van der Waals surface area contributed by atoms with Crippen LogP contribution in [0.15, 0.2) is 45.3 Å². The van der Waals surface area contributed by atoms with Gasteiger partial charge in [-0.15, -0.1) is 0 Å². The number of nitrogens with zero attached hydrogens (tertiary/aromatic N) is 4. The average Bonchev–Trinajstić information content (AvgIpc) is 3.26. The first kappa shape index (κ1) is 22.2. The highest BCUT2D eigenvalue weighted by molar-refractivity contribution is 8.16. The number of carbonyl (C=O) groups excluding carboxylic acids is 1. The van der Waals surface area contributed by atoms with E-state index in [1.165, 1.54) is 5.56 Å². The fourth-order valence-electron chi connectivity index (χ4n) is 3.73. The van der Waals surface area contributed by atoms with Gasteiger partial charge in [0.15, 0.2) is 0 Å². The molecule has 0 bridgehead atoms. The number of aliphatic imine (C=N–C) groups is 1. The van der Waals surface area contributed by atoms with E-state index in [4.69, 9.17) is 5.41 Å². The Bertz CT molecular complexity index is 1350. The lowest BCUT2D eigenvalue weighted by atomic mass is 10.0. The maximum Gasteiger partial charge on any atom is 0.283 e. The third-order valence-electron chi connectivity index (χ3n) is 5.41. The molecule has 2 aromatic rings. The van der Waals surface area contributed by atoms with Gasteiger partial charge in [-0.2, -0.15) is 9.39 Å². The lowest BCUT2D eigenvalue weighted by Gasteiger charge is -2.23. The number of amides is 1. The summed E-state index contributed by atoms with van der Waals surface area (Å²) in [5.74, 6) is -0.404. The van der Waals surface area contributed by atoms with Crippen molar-refractivity contribution in [3.05, 3.63) is 58.4 Å². The van der Waals surface area contributed by atoms with Crippen LogP contribution in [0.1, 0.15) is 42.3 Å². The van der Waals surface area contributed by atoms with Gasteiger partial charge in [0.2, 0.25) is 20.2 Å². The minimum absolute atomic E-state index is 0.0167. The lowest BCUT2D eigenvalue weighted by molar-refractivity contribution is -0.114. The molecule has 1 amide bonds. The van der Waals surface area contributed by atoms with Crippen molar-refractivity contribution >= 4 is 49.9 Å². The number of aromatic nitrogens is 1. The standard InChI is InChI=1S/C22H23N5O3S2/c1-12(2)15-6-8-17(9-7-15)26-13(3)10-16(14(26)4)11-18-19(23)27-21(24-20(18)28)31-25-22(27)32(5,29)30/h6-12,23H,1-5H3/b18-11-,23-19?. The monoisotopic (exact) mass is 469 g/mol. The number of aryl methyl sites for hydroxylation is 1. The van der Waals surface area contributed by atoms with Crippen molar-refractivity contribution in [2.24, 2.45) is 9.39 Å². The molecule has 0 unspecified atom stereocenters. The molecule has 0 saturated heterocycles. The summed E-state index contributed by atoms with van der Waals surface area (Å²) in [7, 11) is -3.69. The Hall–Kier alpha value is -2.98. The van der Waals surface area contributed by atoms with Crippen molar-refractivity contribution < 1.29 is 13.2 Å². The van der Waals surface area contributed by atoms with Crippen molar-refractivity contribution in [1.82, 2.24) is 9.47 Å². The maximum atomic E-state index is 12.6. The predicted molar refractivity (Wildman–Crippen MR) is 129 cm³/mol. The number of rotatable bonds is 3. The number of carbonyl (C=O) groups is 1. The molecule has 1 aromatic carbocycles. The first-order valence-electron chi connectivity index (χ1n) is 9.97. The molecule has 2 aliphatic heterocycles. The molecule has 10 heteroatoms. The van der Waals surface area contributed by atoms with Gasteiger partial charge in [0, 0.05) is 23.3 Å². The maximum absolute atomic E-state index is 12.6. The molecule has 0 atom stereocenters. The van der Waals surface area contributed by atoms with Gasteiger partial charge >= 0.3 is 0 Å². The van der Waals surface area contributed by atoms with Crippen LogP contribution >= 0.6 is 11.9 Å². The third-order valence-corrected chi connectivity index (χ3v) is 7.17. The van der Waals surface area contributed by atoms with Crippen LogP contribution in [-0.4, -0.2) is 46.2 Å². The van der Waals surface area contributed by atoms with Crippen LogP contribution in [0.25, 0.3) is 11.8 Å². The molecule has 0 radical (unpaired) electrons. The van der Waals surface area contributed by atoms with E-state index >= 15 is 0 Å². The second-order valence-electron chi connectivity index (χ2n) is 8.09. The lowest BCUT2D eigenvalue weighted by Crippen LogP contribution is -2.45. The molecule has 1 aromatic heterocycles. The van der Waals surface area contributed by atoms with E-state index in [1.807, 2.05) is 19.9 Å². The SMILES string of the molecule is Cc1cc(/C=C2/C(=N)N3C(=NC2=O)SN=C3S(C)(=O)=O)c(C)n1-c1ccc(C(C)C)cc1. The minimum Gasteiger partial charge on any atom is -0.318 e. The predicted octanol–water partition coefficient (Wildman–Crippen LogP) is 3.84. The van der Waals surface area contributed by atoms with Gasteiger partial charge in [0.1, 0.15) is 5.84 Å². The van der Waals surface area contributed by atoms with Crippen molar-refractivity contribution in [1.29, 1.82) is 5.41 Å². The van der Waals surface area contributed by atoms with Crippen molar-refractivity contribution in [2.75, 3.05) is 6.26 Å². The zero-order chi connectivity index (χ0) is 23.4. The van der Waals surface area contributed by atoms with Gasteiger partial charge in [-0.25, -0.2) is 13.3 Å². The number of fused-ring (bicyclic) bond motifs is 1. The highest BCUT2D eigenvalue weighted by Gasteiger charge is 2.41. The highest BCUT2D eigenvalue weighted by atomic mass is 32.2. The smallest absolute Gasteiger partial charge is 0.283 e. The summed E-state index contributed by atoms with van der Waals surface area (Å²) < 4.78 is 30.1. The number of benzene rings is 1. The van der Waals surface area contributed by atoms with Gasteiger partial charge in [-0.1, -0.05) is 26.0 Å². The molecule has 32 heavy (non-hydrogen) atoms. The second kappa shape index (κ2) is 7.86. The Balaban J connectivity index is 1.75. The zero-order valence-electron chi connectivity index (χ0n) is 18.4. The Morgan fingerprint density at radius 3 is 2.41 bits per heavy atom. The Morgan fingerprint density at radius 1 is 1.16 bits per heavy atom. The van der Waals surface area contributed by atoms with Crippen molar-refractivity contribution in [2.45, 2.75) is 33.6 Å². The fraction of sp³-hybridized carbons (Fsp3) is 0.273. The van der Waals surface area contributed by atoms with Crippen LogP contribution in [0.3, 0.4) is 0 Å². The average molecular weight is 470 g/mol. The Morgan fingerprint density at radius 2 is 1.81 bits per heavy atom. The van der Waals surface area contributed by atoms with E-state index in [1.54, 1.807) is 6.08 Å². The zero-order valence-corrected chi connectivity index (χ0v) is 20.0. The van der Waals surface area contributed by atoms with Crippen LogP contribution < -0.4 is 0 Å². The topological polar surface area (TPSA) is 108 Å². The molecular weight excluding hydrogens is 446 g/mol. The quantitative estimate of drug-likeness (QED) is 0.543. The summed E-state index contributed by atoms with van der Waals surface area (Å²) in [4.78, 5) is 17.7. The van der Waals surface area contributed by atoms with Crippen molar-refractivity contribution in [3.8, 4) is 5.69 Å². The van der Waals surface area contributed by atoms with E-state index in [2.05, 4.69) is 52.1 Å². The molecule has 8 nitrogen and oxygen atoms in total. The summed E-state index contributed by atoms with van der Waals surface area (Å²) in [6.45, 7) is 8.21. The van der Waals surface area contributed by atoms with Crippen LogP contribution in [0.2, 0.25) is 0 Å². The van der Waals surface area contributed by atoms with E-state index in [0.29, 0.717) is 5.92 Å². The molecule has 2 aliphatic rings. The number of amidine groups is 3. The third kappa shape index (κ3) is 3.73. The summed E-state index contributed by atoms with van der Waals surface area (Å²) in [5.41, 5.74) is 4.90. The molecule has 0 saturated carbocycles. The van der Waals surface area contributed by atoms with Crippen LogP contribution in [0, 0.1) is 19.3 Å². The van der Waals surface area contributed by atoms with E-state index in [0.717, 1.165) is 45.7 Å². The van der Waals surface area contributed by atoms with Gasteiger partial charge in [-0.05, 0) is 55.2 Å². The summed E-state index contributed by atoms with van der Waals surface area (Å²) in [6.07, 6.45) is 2.61. The van der Waals surface area contributed by atoms with Crippen molar-refractivity contribution in [3.63, 3.8) is 0 Å². The highest BCUT2D eigenvalue weighted by Crippen LogP contribution is 2.31. The molecule has 166 valence electrons. The van der Waals surface area contributed by atoms with E-state index in [-0.39, 0.29) is 21.7 Å². The number of hydrogen-bond acceptors (Lipinski definition) is 6. The van der Waals surface area contributed by atoms with Crippen LogP contribution in [0.4, 0.5) is 0 Å². The molecule has 4 rings (SSSR count). The van der Waals surface area contributed by atoms with Gasteiger partial charge in [0.05, 0.1) is 17.5 Å². The number of nitrogens with one attached hydrogen (secondary N) is 1. The summed E-state index contributed by atoms with van der Waals surface area (Å²) >= 11 is 0.779. The summed E-state index contributed by atoms with van der Waals surface area (Å²) in [5, 5.41) is 8.30. The molecule has 0 fully saturated rings. The first-order chi connectivity index (χ1) is 15.0. The van der Waals surface area contributed by atoms with Gasteiger partial charge < -0.3 is 4.57 Å². The molecule has 3 heterocycles. The molecular formula is C22H23N5O3S2. The van der Waals surface area contributed by atoms with Gasteiger partial charge in [-0.3, -0.25) is 10.2 Å². The normalized spacial score (nSPS) is 17.8. The second-order valence-corrected chi connectivity index (χ2v) is 10.7. The van der Waals surface area contributed by atoms with Crippen LogP contribution in [-0.2, 0) is 14.6 Å². The fourth-order valence-corrected chi connectivity index (χ4v) is 5.58. The largest absolute Gasteiger partial charge is 0.318 e. The number of hydrogen-bond donors (Lipinski definition) is 1. The Kier molecular flexibility index (Phi) is 5.46. The first-order valence-corrected chi connectivity index (χ1v) is 12.6. The number of sulfone groups is 1. The van der Waals surface area contributed by atoms with Gasteiger partial charge in [0.25, 0.3) is 5.91 Å². The van der Waals surface area contributed by atoms with E-state index < -0.39 is 15.7 Å². The van der Waals surface area contributed by atoms with Crippen LogP contribution in [0.5, 0.6) is 0 Å². The van der Waals surface area contributed by atoms with E-state index in [9.17, 15) is 13.2 Å². The molecule has 0 aliphatic carbocycles. The Labute approximate surface area is 191 Å². The molecule has 1 N–H and O–H groups in total.